The average Bonchev–Trinajstić information content (AvgIpc) is 2.94. The predicted octanol–water partition coefficient (Wildman–Crippen LogP) is 2.85. The van der Waals surface area contributed by atoms with Gasteiger partial charge in [-0.2, -0.15) is 0 Å². The Morgan fingerprint density at radius 3 is 2.38 bits per heavy atom. The molecule has 0 amide bonds. The summed E-state index contributed by atoms with van der Waals surface area (Å²) < 4.78 is 10.6. The highest BCUT2D eigenvalue weighted by molar-refractivity contribution is 7.12. The molecule has 1 heterocycles. The van der Waals surface area contributed by atoms with E-state index in [-0.39, 0.29) is 5.92 Å². The fourth-order valence-corrected chi connectivity index (χ4v) is 3.27. The summed E-state index contributed by atoms with van der Waals surface area (Å²) in [4.78, 5) is 2.10. The molecule has 0 saturated heterocycles. The van der Waals surface area contributed by atoms with Gasteiger partial charge in [-0.05, 0) is 36.8 Å². The molecule has 2 atom stereocenters. The summed E-state index contributed by atoms with van der Waals surface area (Å²) in [6.45, 7) is 2.38. The highest BCUT2D eigenvalue weighted by Gasteiger charge is 2.23. The summed E-state index contributed by atoms with van der Waals surface area (Å²) >= 11 is 1.59. The molecular formula is C16H21NO3S. The molecule has 0 bridgehead atoms. The Morgan fingerprint density at radius 1 is 1.14 bits per heavy atom. The number of thiophene rings is 1. The zero-order valence-electron chi connectivity index (χ0n) is 12.5. The monoisotopic (exact) mass is 307 g/mol. The first-order valence-electron chi connectivity index (χ1n) is 6.77. The number of hydrogen-bond acceptors (Lipinski definition) is 5. The number of rotatable bonds is 6. The second-order valence-electron chi connectivity index (χ2n) is 4.85. The van der Waals surface area contributed by atoms with Crippen LogP contribution in [-0.4, -0.2) is 25.9 Å². The summed E-state index contributed by atoms with van der Waals surface area (Å²) in [5, 5.41) is 10.6. The summed E-state index contributed by atoms with van der Waals surface area (Å²) in [5.41, 5.74) is 6.82. The largest absolute Gasteiger partial charge is 0.493 e. The summed E-state index contributed by atoms with van der Waals surface area (Å²) in [6.07, 6.45) is -0.619. The van der Waals surface area contributed by atoms with Crippen LogP contribution in [0.3, 0.4) is 0 Å². The third-order valence-corrected chi connectivity index (χ3v) is 4.59. The zero-order chi connectivity index (χ0) is 15.4. The number of methoxy groups -OCH3 is 2. The summed E-state index contributed by atoms with van der Waals surface area (Å²) in [7, 11) is 3.19. The molecule has 0 aliphatic carbocycles. The van der Waals surface area contributed by atoms with Crippen LogP contribution in [0.25, 0.3) is 0 Å². The number of benzene rings is 1. The molecule has 2 unspecified atom stereocenters. The number of aliphatic hydroxyl groups excluding tert-OH is 1. The fraction of sp³-hybridized carbons (Fsp3) is 0.375. The van der Waals surface area contributed by atoms with E-state index in [2.05, 4.69) is 0 Å². The molecule has 0 aliphatic heterocycles. The van der Waals surface area contributed by atoms with Crippen molar-refractivity contribution in [3.8, 4) is 11.5 Å². The van der Waals surface area contributed by atoms with Crippen molar-refractivity contribution in [2.75, 3.05) is 20.8 Å². The van der Waals surface area contributed by atoms with Crippen molar-refractivity contribution >= 4 is 11.3 Å². The SMILES string of the molecule is COc1ccc(C(CN)C(O)c2ccc(C)s2)cc1OC. The van der Waals surface area contributed by atoms with E-state index in [9.17, 15) is 5.11 Å². The lowest BCUT2D eigenvalue weighted by molar-refractivity contribution is 0.151. The zero-order valence-corrected chi connectivity index (χ0v) is 13.3. The minimum absolute atomic E-state index is 0.178. The van der Waals surface area contributed by atoms with Crippen LogP contribution >= 0.6 is 11.3 Å². The molecule has 0 saturated carbocycles. The van der Waals surface area contributed by atoms with Crippen LogP contribution in [-0.2, 0) is 0 Å². The van der Waals surface area contributed by atoms with Crippen LogP contribution in [0.4, 0.5) is 0 Å². The number of ether oxygens (including phenoxy) is 2. The van der Waals surface area contributed by atoms with Crippen LogP contribution in [0.1, 0.15) is 27.3 Å². The van der Waals surface area contributed by atoms with E-state index in [1.807, 2.05) is 37.3 Å². The fourth-order valence-electron chi connectivity index (χ4n) is 2.34. The highest BCUT2D eigenvalue weighted by atomic mass is 32.1. The minimum atomic E-state index is -0.619. The van der Waals surface area contributed by atoms with Crippen LogP contribution in [0, 0.1) is 6.92 Å². The maximum atomic E-state index is 10.6. The standard InChI is InChI=1S/C16H21NO3S/c1-10-4-7-15(21-10)16(18)12(9-17)11-5-6-13(19-2)14(8-11)20-3/h4-8,12,16,18H,9,17H2,1-3H3. The molecule has 21 heavy (non-hydrogen) atoms. The second-order valence-corrected chi connectivity index (χ2v) is 6.17. The first-order chi connectivity index (χ1) is 10.1. The maximum Gasteiger partial charge on any atom is 0.160 e. The smallest absolute Gasteiger partial charge is 0.160 e. The van der Waals surface area contributed by atoms with E-state index >= 15 is 0 Å². The second kappa shape index (κ2) is 6.93. The van der Waals surface area contributed by atoms with Gasteiger partial charge in [0.15, 0.2) is 11.5 Å². The van der Waals surface area contributed by atoms with Crippen LogP contribution < -0.4 is 15.2 Å². The number of nitrogens with two attached hydrogens (primary N) is 1. The molecular weight excluding hydrogens is 286 g/mol. The molecule has 0 radical (unpaired) electrons. The highest BCUT2D eigenvalue weighted by Crippen LogP contribution is 2.37. The van der Waals surface area contributed by atoms with Crippen LogP contribution in [0.15, 0.2) is 30.3 Å². The normalized spacial score (nSPS) is 13.8. The molecule has 0 spiro atoms. The molecule has 114 valence electrons. The van der Waals surface area contributed by atoms with Crippen LogP contribution in [0.5, 0.6) is 11.5 Å². The molecule has 3 N–H and O–H groups in total. The number of aliphatic hydroxyl groups is 1. The van der Waals surface area contributed by atoms with Gasteiger partial charge in [-0.3, -0.25) is 0 Å². The summed E-state index contributed by atoms with van der Waals surface area (Å²) in [5.74, 6) is 1.13. The van der Waals surface area contributed by atoms with E-state index in [4.69, 9.17) is 15.2 Å². The Hall–Kier alpha value is -1.56. The maximum absolute atomic E-state index is 10.6. The van der Waals surface area contributed by atoms with Crippen molar-refractivity contribution in [2.24, 2.45) is 5.73 Å². The number of hydrogen-bond donors (Lipinski definition) is 2. The van der Waals surface area contributed by atoms with Gasteiger partial charge < -0.3 is 20.3 Å². The van der Waals surface area contributed by atoms with E-state index in [1.54, 1.807) is 25.6 Å². The third-order valence-electron chi connectivity index (χ3n) is 3.52. The lowest BCUT2D eigenvalue weighted by Crippen LogP contribution is -2.19. The Bertz CT molecular complexity index is 597. The van der Waals surface area contributed by atoms with Gasteiger partial charge in [-0.25, -0.2) is 0 Å². The number of aryl methyl sites for hydroxylation is 1. The van der Waals surface area contributed by atoms with E-state index in [0.29, 0.717) is 18.0 Å². The Morgan fingerprint density at radius 2 is 1.86 bits per heavy atom. The van der Waals surface area contributed by atoms with Gasteiger partial charge in [0.25, 0.3) is 0 Å². The Labute approximate surface area is 129 Å². The van der Waals surface area contributed by atoms with Gasteiger partial charge in [-0.1, -0.05) is 6.07 Å². The van der Waals surface area contributed by atoms with Gasteiger partial charge in [0, 0.05) is 22.2 Å². The predicted molar refractivity (Wildman–Crippen MR) is 85.4 cm³/mol. The lowest BCUT2D eigenvalue weighted by atomic mass is 9.92. The van der Waals surface area contributed by atoms with Crippen LogP contribution in [0.2, 0.25) is 0 Å². The van der Waals surface area contributed by atoms with E-state index in [1.165, 1.54) is 4.88 Å². The minimum Gasteiger partial charge on any atom is -0.493 e. The molecule has 4 nitrogen and oxygen atoms in total. The van der Waals surface area contributed by atoms with Crippen molar-refractivity contribution in [3.63, 3.8) is 0 Å². The molecule has 1 aromatic heterocycles. The molecule has 5 heteroatoms. The summed E-state index contributed by atoms with van der Waals surface area (Å²) in [6, 6.07) is 9.59. The van der Waals surface area contributed by atoms with Crippen molar-refractivity contribution in [2.45, 2.75) is 18.9 Å². The van der Waals surface area contributed by atoms with Crippen molar-refractivity contribution in [1.29, 1.82) is 0 Å². The van der Waals surface area contributed by atoms with E-state index in [0.717, 1.165) is 10.4 Å². The molecule has 1 aromatic carbocycles. The van der Waals surface area contributed by atoms with Crippen molar-refractivity contribution in [3.05, 3.63) is 45.6 Å². The van der Waals surface area contributed by atoms with Gasteiger partial charge in [0.2, 0.25) is 0 Å². The first kappa shape index (κ1) is 15.8. The Kier molecular flexibility index (Phi) is 5.22. The average molecular weight is 307 g/mol. The third kappa shape index (κ3) is 3.37. The molecule has 0 fully saturated rings. The van der Waals surface area contributed by atoms with Crippen molar-refractivity contribution < 1.29 is 14.6 Å². The molecule has 2 rings (SSSR count). The first-order valence-corrected chi connectivity index (χ1v) is 7.58. The quantitative estimate of drug-likeness (QED) is 0.861. The van der Waals surface area contributed by atoms with Gasteiger partial charge in [0.1, 0.15) is 0 Å². The van der Waals surface area contributed by atoms with Crippen molar-refractivity contribution in [1.82, 2.24) is 0 Å². The van der Waals surface area contributed by atoms with Gasteiger partial charge in [-0.15, -0.1) is 11.3 Å². The lowest BCUT2D eigenvalue weighted by Gasteiger charge is -2.22. The van der Waals surface area contributed by atoms with Gasteiger partial charge >= 0.3 is 0 Å². The Balaban J connectivity index is 2.32. The van der Waals surface area contributed by atoms with Gasteiger partial charge in [0.05, 0.1) is 20.3 Å². The molecule has 0 aliphatic rings. The topological polar surface area (TPSA) is 64.7 Å². The van der Waals surface area contributed by atoms with E-state index < -0.39 is 6.10 Å². The molecule has 2 aromatic rings.